The van der Waals surface area contributed by atoms with Gasteiger partial charge in [-0.3, -0.25) is 9.69 Å². The molecule has 0 unspecified atom stereocenters. The van der Waals surface area contributed by atoms with E-state index in [2.05, 4.69) is 49.7 Å². The van der Waals surface area contributed by atoms with Crippen molar-refractivity contribution in [2.45, 2.75) is 45.9 Å². The molecule has 148 valence electrons. The Kier molecular flexibility index (Phi) is 6.09. The fourth-order valence-corrected chi connectivity index (χ4v) is 2.63. The third kappa shape index (κ3) is 4.77. The molecule has 0 aliphatic rings. The summed E-state index contributed by atoms with van der Waals surface area (Å²) in [5.41, 5.74) is 1.90. The fourth-order valence-electron chi connectivity index (χ4n) is 2.63. The second-order valence-corrected chi connectivity index (χ2v) is 6.98. The maximum atomic E-state index is 12.5. The van der Waals surface area contributed by atoms with Crippen molar-refractivity contribution in [1.29, 1.82) is 0 Å². The largest absolute Gasteiger partial charge is 0.348 e. The quantitative estimate of drug-likeness (QED) is 0.618. The summed E-state index contributed by atoms with van der Waals surface area (Å²) in [6.45, 7) is 6.79. The van der Waals surface area contributed by atoms with E-state index in [1.807, 2.05) is 38.2 Å². The molecule has 1 amide bonds. The maximum absolute atomic E-state index is 12.5. The number of nitrogens with zero attached hydrogens (tertiary/aromatic N) is 8. The van der Waals surface area contributed by atoms with Crippen molar-refractivity contribution < 1.29 is 4.79 Å². The van der Waals surface area contributed by atoms with Gasteiger partial charge in [0.15, 0.2) is 5.82 Å². The summed E-state index contributed by atoms with van der Waals surface area (Å²) in [7, 11) is 1.99. The molecule has 10 nitrogen and oxygen atoms in total. The van der Waals surface area contributed by atoms with Gasteiger partial charge in [0.05, 0.1) is 18.3 Å². The maximum Gasteiger partial charge on any atom is 0.242 e. The molecule has 0 aliphatic carbocycles. The molecule has 0 saturated carbocycles. The topological polar surface area (TPSA) is 107 Å². The summed E-state index contributed by atoms with van der Waals surface area (Å²) in [5.74, 6) is 0.518. The Hall–Kier alpha value is -3.14. The van der Waals surface area contributed by atoms with Gasteiger partial charge in [0, 0.05) is 6.04 Å². The van der Waals surface area contributed by atoms with Crippen molar-refractivity contribution in [2.24, 2.45) is 0 Å². The van der Waals surface area contributed by atoms with Crippen LogP contribution in [0.1, 0.15) is 38.2 Å². The summed E-state index contributed by atoms with van der Waals surface area (Å²) < 4.78 is 3.22. The van der Waals surface area contributed by atoms with Crippen LogP contribution in [-0.4, -0.2) is 58.9 Å². The van der Waals surface area contributed by atoms with Gasteiger partial charge >= 0.3 is 0 Å². The Morgan fingerprint density at radius 2 is 1.96 bits per heavy atom. The lowest BCUT2D eigenvalue weighted by Crippen LogP contribution is -2.32. The normalized spacial score (nSPS) is 12.5. The second-order valence-electron chi connectivity index (χ2n) is 6.98. The van der Waals surface area contributed by atoms with Crippen LogP contribution in [0.4, 0.5) is 0 Å². The van der Waals surface area contributed by atoms with Crippen molar-refractivity contribution in [3.05, 3.63) is 48.3 Å². The molecule has 0 saturated heterocycles. The van der Waals surface area contributed by atoms with Gasteiger partial charge in [0.25, 0.3) is 0 Å². The number of rotatable bonds is 8. The SMILES string of the molecule is CC(C)N(C)Cc1nnnn1CC(=O)N[C@H](C)c1ccc(-n2cncn2)cc1. The van der Waals surface area contributed by atoms with Gasteiger partial charge < -0.3 is 5.32 Å². The first-order valence-electron chi connectivity index (χ1n) is 9.13. The fraction of sp³-hybridized carbons (Fsp3) is 0.444. The zero-order chi connectivity index (χ0) is 20.1. The minimum absolute atomic E-state index is 0.0790. The van der Waals surface area contributed by atoms with Crippen LogP contribution in [0.5, 0.6) is 0 Å². The van der Waals surface area contributed by atoms with E-state index in [1.54, 1.807) is 11.0 Å². The number of nitrogens with one attached hydrogen (secondary N) is 1. The molecular formula is C18H25N9O. The molecule has 0 bridgehead atoms. The first kappa shape index (κ1) is 19.6. The van der Waals surface area contributed by atoms with Crippen LogP contribution in [0.25, 0.3) is 5.69 Å². The van der Waals surface area contributed by atoms with Crippen LogP contribution in [-0.2, 0) is 17.9 Å². The molecule has 3 aromatic rings. The Morgan fingerprint density at radius 1 is 1.21 bits per heavy atom. The van der Waals surface area contributed by atoms with Gasteiger partial charge in [-0.25, -0.2) is 14.3 Å². The van der Waals surface area contributed by atoms with Crippen LogP contribution in [0.2, 0.25) is 0 Å². The summed E-state index contributed by atoms with van der Waals surface area (Å²) in [5, 5.41) is 18.8. The standard InChI is InChI=1S/C18H25N9O/c1-13(2)25(4)9-17-22-23-24-26(17)10-18(28)21-14(3)15-5-7-16(8-6-15)27-12-19-11-20-27/h5-8,11-14H,9-10H2,1-4H3,(H,21,28)/t14-/m1/s1. The summed E-state index contributed by atoms with van der Waals surface area (Å²) in [4.78, 5) is 18.5. The second kappa shape index (κ2) is 8.70. The minimum Gasteiger partial charge on any atom is -0.348 e. The molecular weight excluding hydrogens is 358 g/mol. The minimum atomic E-state index is -0.145. The number of tetrazole rings is 1. The Balaban J connectivity index is 1.58. The molecule has 10 heteroatoms. The molecule has 3 rings (SSSR count). The van der Waals surface area contributed by atoms with Gasteiger partial charge in [-0.1, -0.05) is 12.1 Å². The third-order valence-corrected chi connectivity index (χ3v) is 4.63. The number of carbonyl (C=O) groups is 1. The van der Waals surface area contributed by atoms with Crippen molar-refractivity contribution in [1.82, 2.24) is 45.2 Å². The molecule has 0 fully saturated rings. The van der Waals surface area contributed by atoms with E-state index in [0.29, 0.717) is 18.4 Å². The number of carbonyl (C=O) groups excluding carboxylic acids is 1. The third-order valence-electron chi connectivity index (χ3n) is 4.63. The predicted molar refractivity (Wildman–Crippen MR) is 102 cm³/mol. The van der Waals surface area contributed by atoms with Gasteiger partial charge in [-0.2, -0.15) is 5.10 Å². The highest BCUT2D eigenvalue weighted by Gasteiger charge is 2.16. The van der Waals surface area contributed by atoms with Crippen LogP contribution in [0, 0.1) is 0 Å². The van der Waals surface area contributed by atoms with Crippen molar-refractivity contribution in [3.8, 4) is 5.69 Å². The lowest BCUT2D eigenvalue weighted by Gasteiger charge is -2.20. The first-order chi connectivity index (χ1) is 13.4. The van der Waals surface area contributed by atoms with Crippen LogP contribution in [0.15, 0.2) is 36.9 Å². The summed E-state index contributed by atoms with van der Waals surface area (Å²) >= 11 is 0. The molecule has 28 heavy (non-hydrogen) atoms. The highest BCUT2D eigenvalue weighted by molar-refractivity contribution is 5.76. The monoisotopic (exact) mass is 383 g/mol. The van der Waals surface area contributed by atoms with Gasteiger partial charge in [0.2, 0.25) is 5.91 Å². The molecule has 1 aromatic carbocycles. The van der Waals surface area contributed by atoms with E-state index < -0.39 is 0 Å². The number of benzene rings is 1. The highest BCUT2D eigenvalue weighted by Crippen LogP contribution is 2.15. The lowest BCUT2D eigenvalue weighted by molar-refractivity contribution is -0.122. The molecule has 2 aromatic heterocycles. The Morgan fingerprint density at radius 3 is 2.61 bits per heavy atom. The molecule has 0 aliphatic heterocycles. The van der Waals surface area contributed by atoms with Crippen LogP contribution >= 0.6 is 0 Å². The average Bonchev–Trinajstić information content (AvgIpc) is 3.34. The number of hydrogen-bond donors (Lipinski definition) is 1. The van der Waals surface area contributed by atoms with E-state index in [1.165, 1.54) is 11.0 Å². The average molecular weight is 383 g/mol. The molecule has 1 N–H and O–H groups in total. The van der Waals surface area contributed by atoms with E-state index in [4.69, 9.17) is 0 Å². The zero-order valence-corrected chi connectivity index (χ0v) is 16.5. The van der Waals surface area contributed by atoms with Crippen LogP contribution < -0.4 is 5.32 Å². The van der Waals surface area contributed by atoms with Crippen LogP contribution in [0.3, 0.4) is 0 Å². The zero-order valence-electron chi connectivity index (χ0n) is 16.5. The number of amides is 1. The van der Waals surface area contributed by atoms with Gasteiger partial charge in [-0.05, 0) is 55.9 Å². The van der Waals surface area contributed by atoms with Gasteiger partial charge in [-0.15, -0.1) is 5.10 Å². The first-order valence-corrected chi connectivity index (χ1v) is 9.13. The van der Waals surface area contributed by atoms with E-state index in [9.17, 15) is 4.79 Å². The highest BCUT2D eigenvalue weighted by atomic mass is 16.2. The Bertz CT molecular complexity index is 886. The summed E-state index contributed by atoms with van der Waals surface area (Å²) in [6.07, 6.45) is 3.13. The molecule has 0 radical (unpaired) electrons. The van der Waals surface area contributed by atoms with Crippen molar-refractivity contribution in [3.63, 3.8) is 0 Å². The van der Waals surface area contributed by atoms with E-state index in [-0.39, 0.29) is 18.5 Å². The van der Waals surface area contributed by atoms with E-state index in [0.717, 1.165) is 11.3 Å². The molecule has 1 atom stereocenters. The lowest BCUT2D eigenvalue weighted by atomic mass is 10.1. The molecule has 2 heterocycles. The number of hydrogen-bond acceptors (Lipinski definition) is 7. The smallest absolute Gasteiger partial charge is 0.242 e. The molecule has 0 spiro atoms. The number of aromatic nitrogens is 7. The van der Waals surface area contributed by atoms with Gasteiger partial charge in [0.1, 0.15) is 19.2 Å². The predicted octanol–water partition coefficient (Wildman–Crippen LogP) is 0.971. The summed E-state index contributed by atoms with van der Waals surface area (Å²) in [6, 6.07) is 8.02. The Labute approximate surface area is 163 Å². The van der Waals surface area contributed by atoms with E-state index >= 15 is 0 Å². The van der Waals surface area contributed by atoms with Crippen molar-refractivity contribution in [2.75, 3.05) is 7.05 Å². The van der Waals surface area contributed by atoms with Crippen molar-refractivity contribution >= 4 is 5.91 Å².